The minimum Gasteiger partial charge on any atom is -0.506 e. The summed E-state index contributed by atoms with van der Waals surface area (Å²) in [6.45, 7) is 0. The van der Waals surface area contributed by atoms with E-state index in [9.17, 15) is 72.3 Å². The van der Waals surface area contributed by atoms with Gasteiger partial charge in [0.2, 0.25) is 17.8 Å². The number of rotatable bonds is 14. The van der Waals surface area contributed by atoms with Gasteiger partial charge in [0.25, 0.3) is 40.5 Å². The Morgan fingerprint density at radius 1 is 0.390 bits per heavy atom. The van der Waals surface area contributed by atoms with Crippen LogP contribution in [0.5, 0.6) is 23.0 Å². The Labute approximate surface area is 546 Å². The van der Waals surface area contributed by atoms with Crippen molar-refractivity contribution in [2.45, 2.75) is 19.6 Å². The predicted molar refractivity (Wildman–Crippen MR) is 251 cm³/mol. The summed E-state index contributed by atoms with van der Waals surface area (Å²) in [5.74, 6) is -3.23. The van der Waals surface area contributed by atoms with Gasteiger partial charge in [0, 0.05) is 62.0 Å². The molecule has 0 fully saturated rings. The van der Waals surface area contributed by atoms with Gasteiger partial charge >= 0.3 is 118 Å². The van der Waals surface area contributed by atoms with Gasteiger partial charge in [-0.05, 0) is 108 Å². The molecule has 0 amide bonds. The Balaban J connectivity index is 0.00000338. The van der Waals surface area contributed by atoms with Crippen LogP contribution in [0.1, 0.15) is 0 Å². The second kappa shape index (κ2) is 27.8. The third-order valence-electron chi connectivity index (χ3n) is 9.84. The van der Waals surface area contributed by atoms with Crippen molar-refractivity contribution in [3.63, 3.8) is 0 Å². The summed E-state index contributed by atoms with van der Waals surface area (Å²) < 4.78 is 136. The van der Waals surface area contributed by atoms with Gasteiger partial charge in [-0.15, -0.1) is 20.5 Å². The standard InChI is InChI=1S/C41H30N10O16S4.2Cu.4Na/c52-31-12-8-25(68(56,57)58)18-29(31)48-50-35-33(70(62,63)64)16-20-14-23(6-10-27(20)37(35)54)43-40-45-39(42-22-4-2-1-3-5-22)46-41(47-40)44-24-7-11-28-21(15-24)17-34(71(65,66)67)36(38(28)55)51-49-30-19-26(69(59,60)61)9-13-32(30)53;;;;;;/h1-19,52-55H,(H,56,57,58)(H,59,60,61)(H,62,63,64)(H,65,66,67)(H3,42,43,44,45,46,47);;;;;;/q;;;4*+1. The quantitative estimate of drug-likeness (QED) is 0.0281. The first kappa shape index (κ1) is 69.7. The summed E-state index contributed by atoms with van der Waals surface area (Å²) in [7, 11) is -19.9. The topological polar surface area (TPSA) is 423 Å². The number of para-hydroxylation sites is 1. The summed E-state index contributed by atoms with van der Waals surface area (Å²) in [4.78, 5) is 9.95. The molecular weight excluding hydrogens is 1240 g/mol. The van der Waals surface area contributed by atoms with E-state index in [0.29, 0.717) is 5.69 Å². The van der Waals surface area contributed by atoms with Crippen molar-refractivity contribution in [2.75, 3.05) is 16.0 Å². The first-order chi connectivity index (χ1) is 33.3. The number of anilines is 6. The molecule has 0 aliphatic heterocycles. The van der Waals surface area contributed by atoms with Crippen molar-refractivity contribution < 1.29 is 225 Å². The van der Waals surface area contributed by atoms with Gasteiger partial charge in [-0.2, -0.15) is 48.6 Å². The van der Waals surface area contributed by atoms with Gasteiger partial charge in [-0.3, -0.25) is 18.2 Å². The number of azo groups is 2. The van der Waals surface area contributed by atoms with Crippen LogP contribution < -0.4 is 134 Å². The van der Waals surface area contributed by atoms with E-state index in [1.165, 1.54) is 36.4 Å². The van der Waals surface area contributed by atoms with Crippen LogP contribution in [0, 0.1) is 0 Å². The summed E-state index contributed by atoms with van der Waals surface area (Å²) in [6, 6.07) is 23.6. The molecule has 77 heavy (non-hydrogen) atoms. The molecule has 1 heterocycles. The van der Waals surface area contributed by atoms with E-state index in [4.69, 9.17) is 0 Å². The number of hydrogen-bond donors (Lipinski definition) is 11. The minimum absolute atomic E-state index is 0. The van der Waals surface area contributed by atoms with Crippen molar-refractivity contribution in [3.8, 4) is 23.0 Å². The molecule has 0 saturated heterocycles. The normalized spacial score (nSPS) is 11.5. The fraction of sp³-hybridized carbons (Fsp3) is 0. The molecule has 0 saturated carbocycles. The van der Waals surface area contributed by atoms with E-state index >= 15 is 0 Å². The Kier molecular flexibility index (Phi) is 25.2. The Morgan fingerprint density at radius 3 is 1.08 bits per heavy atom. The van der Waals surface area contributed by atoms with Gasteiger partial charge < -0.3 is 36.4 Å². The molecule has 7 aromatic carbocycles. The number of aromatic nitrogens is 3. The largest absolute Gasteiger partial charge is 1.00 e. The Bertz CT molecular complexity index is 3840. The maximum Gasteiger partial charge on any atom is 1.00 e. The molecule has 11 N–H and O–H groups in total. The zero-order valence-corrected chi connectivity index (χ0v) is 52.8. The first-order valence-corrected chi connectivity index (χ1v) is 25.2. The Hall–Kier alpha value is -3.45. The number of nitrogens with zero attached hydrogens (tertiary/aromatic N) is 7. The van der Waals surface area contributed by atoms with Crippen LogP contribution in [0.15, 0.2) is 155 Å². The fourth-order valence-electron chi connectivity index (χ4n) is 6.59. The number of fused-ring (bicyclic) bond motifs is 2. The van der Waals surface area contributed by atoms with E-state index in [0.717, 1.165) is 48.5 Å². The maximum absolute atomic E-state index is 12.6. The third-order valence-corrected chi connectivity index (χ3v) is 13.3. The number of hydrogen-bond acceptors (Lipinski definition) is 22. The van der Waals surface area contributed by atoms with E-state index < -0.39 is 106 Å². The SMILES string of the molecule is O=S(=O)(O)c1ccc(O)c(N=Nc2c(S(=O)(=O)O)cc3cc(Nc4nc(Nc5ccccc5)nc(Nc5ccc6c(O)c(N=Nc7cc(S(=O)(=O)O)ccc7O)c(S(=O)(=O)O)cc6c5)n4)ccc3c2O)c1.[Cu].[Cu].[Na+].[Na+].[Na+].[Na+]. The van der Waals surface area contributed by atoms with Crippen LogP contribution >= 0.6 is 0 Å². The molecule has 8 rings (SSSR count). The van der Waals surface area contributed by atoms with E-state index in [-0.39, 0.29) is 203 Å². The van der Waals surface area contributed by atoms with Crippen LogP contribution in [0.3, 0.4) is 0 Å². The summed E-state index contributed by atoms with van der Waals surface area (Å²) in [6.07, 6.45) is 0. The number of nitrogens with one attached hydrogen (secondary N) is 3. The summed E-state index contributed by atoms with van der Waals surface area (Å²) in [5.41, 5.74) is -1.81. The van der Waals surface area contributed by atoms with E-state index in [1.807, 2.05) is 0 Å². The van der Waals surface area contributed by atoms with Crippen LogP contribution in [0.25, 0.3) is 21.5 Å². The van der Waals surface area contributed by atoms with Crippen molar-refractivity contribution in [3.05, 3.63) is 115 Å². The number of phenols is 4. The van der Waals surface area contributed by atoms with Gasteiger partial charge in [0.05, 0.1) is 9.79 Å². The van der Waals surface area contributed by atoms with Crippen molar-refractivity contribution in [2.24, 2.45) is 20.5 Å². The molecule has 2 radical (unpaired) electrons. The monoisotopic (exact) mass is 1260 g/mol. The van der Waals surface area contributed by atoms with Crippen LogP contribution in [-0.2, 0) is 74.6 Å². The third kappa shape index (κ3) is 16.8. The molecule has 0 bridgehead atoms. The molecule has 0 aliphatic rings. The summed E-state index contributed by atoms with van der Waals surface area (Å²) >= 11 is 0. The molecule has 0 spiro atoms. The zero-order valence-electron chi connectivity index (χ0n) is 39.7. The van der Waals surface area contributed by atoms with Gasteiger partial charge in [-0.25, -0.2) is 0 Å². The molecule has 26 nitrogen and oxygen atoms in total. The van der Waals surface area contributed by atoms with Gasteiger partial charge in [0.15, 0.2) is 11.5 Å². The van der Waals surface area contributed by atoms with E-state index in [1.54, 1.807) is 30.3 Å². The second-order valence-electron chi connectivity index (χ2n) is 14.7. The smallest absolute Gasteiger partial charge is 0.506 e. The first-order valence-electron chi connectivity index (χ1n) is 19.4. The van der Waals surface area contributed by atoms with Crippen LogP contribution in [0.4, 0.5) is 57.7 Å². The molecule has 0 aliphatic carbocycles. The second-order valence-corrected chi connectivity index (χ2v) is 20.3. The van der Waals surface area contributed by atoms with E-state index in [2.05, 4.69) is 51.4 Å². The van der Waals surface area contributed by atoms with Gasteiger partial charge in [-0.1, -0.05) is 18.2 Å². The molecule has 0 unspecified atom stereocenters. The van der Waals surface area contributed by atoms with Crippen molar-refractivity contribution >= 4 is 120 Å². The number of aromatic hydroxyl groups is 4. The van der Waals surface area contributed by atoms with Crippen LogP contribution in [0.2, 0.25) is 0 Å². The van der Waals surface area contributed by atoms with Gasteiger partial charge in [0.1, 0.15) is 44.0 Å². The fourth-order valence-corrected chi connectivity index (χ4v) is 8.91. The Morgan fingerprint density at radius 2 is 0.740 bits per heavy atom. The van der Waals surface area contributed by atoms with Crippen molar-refractivity contribution in [1.82, 2.24) is 15.0 Å². The average molecular weight is 1270 g/mol. The van der Waals surface area contributed by atoms with Crippen LogP contribution in [-0.4, -0.2) is 87.3 Å². The molecule has 1 aromatic heterocycles. The molecule has 8 aromatic rings. The van der Waals surface area contributed by atoms with Crippen molar-refractivity contribution in [1.29, 1.82) is 0 Å². The number of phenolic OH excluding ortho intramolecular Hbond substituents is 4. The average Bonchev–Trinajstić information content (AvgIpc) is 3.28. The number of benzene rings is 7. The molecular formula is C41H30Cu2N10Na4O16S4+4. The molecule has 386 valence electrons. The maximum atomic E-state index is 12.6. The molecule has 0 atom stereocenters. The predicted octanol–water partition coefficient (Wildman–Crippen LogP) is -3.94. The molecule has 36 heteroatoms. The zero-order chi connectivity index (χ0) is 51.2. The minimum atomic E-state index is -5.16. The summed E-state index contributed by atoms with van der Waals surface area (Å²) in [5, 5.41) is 66.3.